The monoisotopic (exact) mass is 271 g/mol. The van der Waals surface area contributed by atoms with Crippen LogP contribution in [0.15, 0.2) is 0 Å². The minimum Gasteiger partial charge on any atom is -0.379 e. The van der Waals surface area contributed by atoms with Crippen LogP contribution in [-0.4, -0.2) is 35.0 Å². The van der Waals surface area contributed by atoms with Crippen molar-refractivity contribution in [1.82, 2.24) is 16.0 Å². The second-order valence-electron chi connectivity index (χ2n) is 6.35. The van der Waals surface area contributed by atoms with Crippen molar-refractivity contribution in [2.24, 2.45) is 0 Å². The molecule has 0 aromatic carbocycles. The van der Waals surface area contributed by atoms with Crippen LogP contribution in [0.5, 0.6) is 0 Å². The minimum absolute atomic E-state index is 0.0920. The van der Waals surface area contributed by atoms with Crippen molar-refractivity contribution < 1.29 is 9.90 Å². The van der Waals surface area contributed by atoms with E-state index in [-0.39, 0.29) is 17.1 Å². The maximum absolute atomic E-state index is 11.8. The Labute approximate surface area is 116 Å². The summed E-state index contributed by atoms with van der Waals surface area (Å²) in [5.41, 5.74) is -0.341. The third kappa shape index (κ3) is 5.37. The maximum atomic E-state index is 11.8. The predicted octanol–water partition coefficient (Wildman–Crippen LogP) is 1.71. The molecular weight excluding hydrogens is 242 g/mol. The summed E-state index contributed by atoms with van der Waals surface area (Å²) >= 11 is 0. The summed E-state index contributed by atoms with van der Waals surface area (Å²) in [5.74, 6) is 0. The van der Waals surface area contributed by atoms with E-state index in [1.54, 1.807) is 6.92 Å². The number of hydrogen-bond acceptors (Lipinski definition) is 3. The largest absolute Gasteiger partial charge is 0.379 e. The molecule has 0 aliphatic heterocycles. The summed E-state index contributed by atoms with van der Waals surface area (Å²) in [6.07, 6.45) is 4.27. The number of nitrogens with one attached hydrogen (secondary N) is 3. The van der Waals surface area contributed by atoms with Gasteiger partial charge in [-0.15, -0.1) is 0 Å². The lowest BCUT2D eigenvalue weighted by molar-refractivity contribution is 0.0703. The molecule has 19 heavy (non-hydrogen) atoms. The van der Waals surface area contributed by atoms with E-state index in [1.165, 1.54) is 0 Å². The van der Waals surface area contributed by atoms with Crippen LogP contribution in [0.4, 0.5) is 4.79 Å². The number of amides is 2. The maximum Gasteiger partial charge on any atom is 0.315 e. The Kier molecular flexibility index (Phi) is 5.62. The molecule has 3 atom stereocenters. The molecular formula is C14H29N3O2. The highest BCUT2D eigenvalue weighted by Gasteiger charge is 2.40. The standard InChI is InChI=1S/C14H29N3O2/c1-5-9-15-12(19)17-14(4)8-6-7-13(3,10-14)16-11(2)18/h11,16,18H,5-10H2,1-4H3,(H2,15,17,19). The molecule has 2 amide bonds. The van der Waals surface area contributed by atoms with Crippen molar-refractivity contribution in [3.05, 3.63) is 0 Å². The van der Waals surface area contributed by atoms with Gasteiger partial charge >= 0.3 is 6.03 Å². The topological polar surface area (TPSA) is 73.4 Å². The molecule has 0 saturated heterocycles. The highest BCUT2D eigenvalue weighted by molar-refractivity contribution is 5.74. The number of aliphatic hydroxyl groups is 1. The average molecular weight is 271 g/mol. The zero-order valence-electron chi connectivity index (χ0n) is 12.7. The lowest BCUT2D eigenvalue weighted by Gasteiger charge is -2.46. The molecule has 0 heterocycles. The summed E-state index contributed by atoms with van der Waals surface area (Å²) in [6, 6.07) is -0.0920. The first-order valence-corrected chi connectivity index (χ1v) is 7.30. The number of aliphatic hydroxyl groups excluding tert-OH is 1. The van der Waals surface area contributed by atoms with Crippen LogP contribution >= 0.6 is 0 Å². The van der Waals surface area contributed by atoms with Gasteiger partial charge in [0, 0.05) is 17.6 Å². The van der Waals surface area contributed by atoms with E-state index in [2.05, 4.69) is 29.8 Å². The number of hydrogen-bond donors (Lipinski definition) is 4. The summed E-state index contributed by atoms with van der Waals surface area (Å²) in [4.78, 5) is 11.8. The third-order valence-corrected chi connectivity index (χ3v) is 3.75. The SMILES string of the molecule is CCCNC(=O)NC1(C)CCCC(C)(NC(C)O)C1. The minimum atomic E-state index is -0.527. The second kappa shape index (κ2) is 6.57. The Morgan fingerprint density at radius 1 is 1.32 bits per heavy atom. The van der Waals surface area contributed by atoms with E-state index in [1.807, 2.05) is 6.92 Å². The van der Waals surface area contributed by atoms with Gasteiger partial charge in [0.25, 0.3) is 0 Å². The number of urea groups is 1. The quantitative estimate of drug-likeness (QED) is 0.575. The molecule has 1 rings (SSSR count). The van der Waals surface area contributed by atoms with Crippen molar-refractivity contribution in [3.8, 4) is 0 Å². The van der Waals surface area contributed by atoms with Gasteiger partial charge in [0.05, 0.1) is 0 Å². The molecule has 0 bridgehead atoms. The second-order valence-corrected chi connectivity index (χ2v) is 6.35. The normalized spacial score (nSPS) is 32.7. The van der Waals surface area contributed by atoms with Crippen LogP contribution in [0.2, 0.25) is 0 Å². The molecule has 1 saturated carbocycles. The van der Waals surface area contributed by atoms with Crippen LogP contribution in [0, 0.1) is 0 Å². The zero-order chi connectivity index (χ0) is 14.5. The van der Waals surface area contributed by atoms with Crippen molar-refractivity contribution >= 4 is 6.03 Å². The Bertz CT molecular complexity index is 309. The van der Waals surface area contributed by atoms with Crippen molar-refractivity contribution in [2.75, 3.05) is 6.54 Å². The molecule has 5 nitrogen and oxygen atoms in total. The summed E-state index contributed by atoms with van der Waals surface area (Å²) < 4.78 is 0. The number of carbonyl (C=O) groups is 1. The van der Waals surface area contributed by atoms with Crippen LogP contribution in [-0.2, 0) is 0 Å². The molecule has 1 aliphatic carbocycles. The fourth-order valence-electron chi connectivity index (χ4n) is 3.20. The van der Waals surface area contributed by atoms with Crippen LogP contribution in [0.1, 0.15) is 59.8 Å². The summed E-state index contributed by atoms with van der Waals surface area (Å²) in [7, 11) is 0. The smallest absolute Gasteiger partial charge is 0.315 e. The average Bonchev–Trinajstić information content (AvgIpc) is 2.23. The zero-order valence-corrected chi connectivity index (χ0v) is 12.7. The third-order valence-electron chi connectivity index (χ3n) is 3.75. The summed E-state index contributed by atoms with van der Waals surface area (Å²) in [6.45, 7) is 8.67. The number of rotatable bonds is 5. The molecule has 1 aliphatic rings. The fraction of sp³-hybridized carbons (Fsp3) is 0.929. The first-order valence-electron chi connectivity index (χ1n) is 7.30. The van der Waals surface area contributed by atoms with Crippen molar-refractivity contribution in [3.63, 3.8) is 0 Å². The molecule has 0 radical (unpaired) electrons. The fourth-order valence-corrected chi connectivity index (χ4v) is 3.20. The molecule has 5 heteroatoms. The van der Waals surface area contributed by atoms with Crippen molar-refractivity contribution in [2.45, 2.75) is 77.1 Å². The van der Waals surface area contributed by atoms with E-state index in [0.717, 1.165) is 32.1 Å². The Morgan fingerprint density at radius 3 is 2.53 bits per heavy atom. The van der Waals surface area contributed by atoms with Gasteiger partial charge in [-0.2, -0.15) is 0 Å². The summed E-state index contributed by atoms with van der Waals surface area (Å²) in [5, 5.41) is 18.7. The van der Waals surface area contributed by atoms with Gasteiger partial charge in [0.2, 0.25) is 0 Å². The lowest BCUT2D eigenvalue weighted by atomic mass is 9.73. The van der Waals surface area contributed by atoms with Crippen LogP contribution in [0.25, 0.3) is 0 Å². The predicted molar refractivity (Wildman–Crippen MR) is 76.9 cm³/mol. The van der Waals surface area contributed by atoms with Crippen molar-refractivity contribution in [1.29, 1.82) is 0 Å². The van der Waals surface area contributed by atoms with E-state index >= 15 is 0 Å². The van der Waals surface area contributed by atoms with Gasteiger partial charge in [-0.3, -0.25) is 5.32 Å². The molecule has 0 aromatic rings. The van der Waals surface area contributed by atoms with Crippen LogP contribution < -0.4 is 16.0 Å². The van der Waals surface area contributed by atoms with Crippen LogP contribution in [0.3, 0.4) is 0 Å². The Morgan fingerprint density at radius 2 is 1.95 bits per heavy atom. The van der Waals surface area contributed by atoms with Gasteiger partial charge in [0.15, 0.2) is 0 Å². The first-order chi connectivity index (χ1) is 8.79. The molecule has 0 aromatic heterocycles. The van der Waals surface area contributed by atoms with Gasteiger partial charge in [-0.05, 0) is 52.9 Å². The van der Waals surface area contributed by atoms with E-state index in [0.29, 0.717) is 6.54 Å². The van der Waals surface area contributed by atoms with Gasteiger partial charge in [-0.1, -0.05) is 6.92 Å². The molecule has 0 spiro atoms. The Hall–Kier alpha value is -0.810. The van der Waals surface area contributed by atoms with Gasteiger partial charge in [0.1, 0.15) is 6.23 Å². The Balaban J connectivity index is 2.58. The molecule has 1 fully saturated rings. The highest BCUT2D eigenvalue weighted by atomic mass is 16.3. The molecule has 4 N–H and O–H groups in total. The van der Waals surface area contributed by atoms with Gasteiger partial charge in [-0.25, -0.2) is 4.79 Å². The van der Waals surface area contributed by atoms with E-state index in [9.17, 15) is 9.90 Å². The number of carbonyl (C=O) groups excluding carboxylic acids is 1. The van der Waals surface area contributed by atoms with E-state index < -0.39 is 6.23 Å². The lowest BCUT2D eigenvalue weighted by Crippen LogP contribution is -2.60. The molecule has 3 unspecified atom stereocenters. The van der Waals surface area contributed by atoms with E-state index in [4.69, 9.17) is 0 Å². The highest BCUT2D eigenvalue weighted by Crippen LogP contribution is 2.35. The van der Waals surface area contributed by atoms with Gasteiger partial charge < -0.3 is 15.7 Å². The molecule has 112 valence electrons. The first kappa shape index (κ1) is 16.2.